The van der Waals surface area contributed by atoms with Gasteiger partial charge in [0.1, 0.15) is 0 Å². The van der Waals surface area contributed by atoms with E-state index in [-0.39, 0.29) is 24.9 Å². The van der Waals surface area contributed by atoms with Crippen LogP contribution >= 0.6 is 11.3 Å². The molecule has 20 heavy (non-hydrogen) atoms. The zero-order valence-corrected chi connectivity index (χ0v) is 11.5. The van der Waals surface area contributed by atoms with E-state index >= 15 is 0 Å². The van der Waals surface area contributed by atoms with Gasteiger partial charge in [-0.1, -0.05) is 0 Å². The minimum Gasteiger partial charge on any atom is -0.368 e. The number of amides is 4. The van der Waals surface area contributed by atoms with E-state index in [4.69, 9.17) is 5.73 Å². The molecule has 0 spiro atoms. The quantitative estimate of drug-likeness (QED) is 0.685. The number of thiazole rings is 1. The Morgan fingerprint density at radius 2 is 2.35 bits per heavy atom. The Labute approximate surface area is 119 Å². The molecule has 108 valence electrons. The summed E-state index contributed by atoms with van der Waals surface area (Å²) in [4.78, 5) is 39.6. The number of primary amides is 1. The molecule has 2 rings (SSSR count). The highest BCUT2D eigenvalue weighted by Crippen LogP contribution is 2.17. The van der Waals surface area contributed by atoms with Crippen LogP contribution in [0, 0.1) is 5.92 Å². The molecular formula is C11H15N5O3S. The van der Waals surface area contributed by atoms with Crippen LogP contribution in [0.1, 0.15) is 6.42 Å². The molecule has 0 aromatic carbocycles. The zero-order valence-electron chi connectivity index (χ0n) is 10.7. The highest BCUT2D eigenvalue weighted by atomic mass is 32.1. The summed E-state index contributed by atoms with van der Waals surface area (Å²) in [6.07, 6.45) is 2.19. The lowest BCUT2D eigenvalue weighted by Gasteiger charge is -2.14. The van der Waals surface area contributed by atoms with Crippen molar-refractivity contribution >= 4 is 34.3 Å². The fourth-order valence-corrected chi connectivity index (χ4v) is 2.50. The number of nitrogens with zero attached hydrogens (tertiary/aromatic N) is 2. The van der Waals surface area contributed by atoms with Crippen LogP contribution in [0.3, 0.4) is 0 Å². The van der Waals surface area contributed by atoms with Gasteiger partial charge in [-0.25, -0.2) is 9.78 Å². The van der Waals surface area contributed by atoms with Gasteiger partial charge < -0.3 is 16.0 Å². The predicted octanol–water partition coefficient (Wildman–Crippen LogP) is -0.402. The van der Waals surface area contributed by atoms with E-state index in [2.05, 4.69) is 15.6 Å². The van der Waals surface area contributed by atoms with Gasteiger partial charge in [-0.15, -0.1) is 11.3 Å². The fraction of sp³-hybridized carbons (Fsp3) is 0.455. The third-order valence-corrected chi connectivity index (χ3v) is 3.61. The summed E-state index contributed by atoms with van der Waals surface area (Å²) in [5, 5.41) is 7.43. The van der Waals surface area contributed by atoms with Crippen LogP contribution in [0.25, 0.3) is 0 Å². The number of aromatic nitrogens is 1. The van der Waals surface area contributed by atoms with E-state index in [9.17, 15) is 14.4 Å². The van der Waals surface area contributed by atoms with E-state index in [0.717, 1.165) is 0 Å². The predicted molar refractivity (Wildman–Crippen MR) is 73.0 cm³/mol. The summed E-state index contributed by atoms with van der Waals surface area (Å²) in [6, 6.07) is -0.402. The lowest BCUT2D eigenvalue weighted by Crippen LogP contribution is -2.39. The van der Waals surface area contributed by atoms with Gasteiger partial charge in [-0.2, -0.15) is 0 Å². The fourth-order valence-electron chi connectivity index (χ4n) is 1.98. The van der Waals surface area contributed by atoms with Gasteiger partial charge in [0.15, 0.2) is 5.13 Å². The smallest absolute Gasteiger partial charge is 0.321 e. The van der Waals surface area contributed by atoms with E-state index in [1.807, 2.05) is 0 Å². The summed E-state index contributed by atoms with van der Waals surface area (Å²) in [6.45, 7) is 0.647. The molecule has 1 aromatic rings. The third kappa shape index (κ3) is 3.67. The van der Waals surface area contributed by atoms with Gasteiger partial charge in [0.2, 0.25) is 11.8 Å². The number of likely N-dealkylation sites (tertiary alicyclic amines) is 1. The first kappa shape index (κ1) is 14.3. The molecule has 0 radical (unpaired) electrons. The second kappa shape index (κ2) is 6.33. The molecule has 4 N–H and O–H groups in total. The topological polar surface area (TPSA) is 117 Å². The molecule has 4 amide bonds. The molecule has 1 atom stereocenters. The minimum atomic E-state index is -0.534. The molecule has 8 nitrogen and oxygen atoms in total. The molecular weight excluding hydrogens is 282 g/mol. The number of carbonyl (C=O) groups excluding carboxylic acids is 3. The van der Waals surface area contributed by atoms with Gasteiger partial charge >= 0.3 is 6.03 Å². The molecule has 1 saturated heterocycles. The second-order valence-corrected chi connectivity index (χ2v) is 5.28. The molecule has 1 unspecified atom stereocenters. The summed E-state index contributed by atoms with van der Waals surface area (Å²) in [5.41, 5.74) is 5.06. The molecule has 1 aliphatic rings. The molecule has 9 heteroatoms. The molecule has 1 fully saturated rings. The lowest BCUT2D eigenvalue weighted by atomic mass is 10.1. The largest absolute Gasteiger partial charge is 0.368 e. The van der Waals surface area contributed by atoms with Gasteiger partial charge in [-0.05, 0) is 6.42 Å². The minimum absolute atomic E-state index is 0.0688. The monoisotopic (exact) mass is 297 g/mol. The summed E-state index contributed by atoms with van der Waals surface area (Å²) < 4.78 is 0. The Balaban J connectivity index is 1.76. The number of hydrogen-bond acceptors (Lipinski definition) is 5. The molecule has 0 bridgehead atoms. The highest BCUT2D eigenvalue weighted by molar-refractivity contribution is 7.13. The van der Waals surface area contributed by atoms with Crippen LogP contribution in [0.5, 0.6) is 0 Å². The van der Waals surface area contributed by atoms with Crippen molar-refractivity contribution in [2.75, 3.05) is 25.0 Å². The number of urea groups is 1. The summed E-state index contributed by atoms with van der Waals surface area (Å²) in [7, 11) is 0. The number of anilines is 1. The van der Waals surface area contributed by atoms with Crippen molar-refractivity contribution in [2.45, 2.75) is 6.42 Å². The third-order valence-electron chi connectivity index (χ3n) is 2.92. The Morgan fingerprint density at radius 1 is 1.55 bits per heavy atom. The maximum atomic E-state index is 11.9. The van der Waals surface area contributed by atoms with Gasteiger partial charge in [0, 0.05) is 24.7 Å². The van der Waals surface area contributed by atoms with Crippen molar-refractivity contribution in [1.82, 2.24) is 15.2 Å². The van der Waals surface area contributed by atoms with Crippen LogP contribution in [0.2, 0.25) is 0 Å². The van der Waals surface area contributed by atoms with E-state index in [1.165, 1.54) is 16.2 Å². The SMILES string of the molecule is NC(=O)CN1CCC(CNC(=O)Nc2nccs2)C1=O. The number of nitrogens with two attached hydrogens (primary N) is 1. The molecule has 2 heterocycles. The first-order valence-corrected chi connectivity index (χ1v) is 6.95. The molecule has 0 saturated carbocycles. The average Bonchev–Trinajstić information content (AvgIpc) is 2.99. The molecule has 0 aliphatic carbocycles. The summed E-state index contributed by atoms with van der Waals surface area (Å²) in [5.74, 6) is -0.997. The van der Waals surface area contributed by atoms with Crippen molar-refractivity contribution < 1.29 is 14.4 Å². The lowest BCUT2D eigenvalue weighted by molar-refractivity contribution is -0.134. The number of rotatable bonds is 5. The van der Waals surface area contributed by atoms with Crippen LogP contribution in [-0.2, 0) is 9.59 Å². The van der Waals surface area contributed by atoms with Crippen molar-refractivity contribution in [3.63, 3.8) is 0 Å². The van der Waals surface area contributed by atoms with Crippen molar-refractivity contribution in [2.24, 2.45) is 11.7 Å². The van der Waals surface area contributed by atoms with Crippen molar-refractivity contribution in [3.8, 4) is 0 Å². The van der Waals surface area contributed by atoms with E-state index < -0.39 is 11.9 Å². The number of hydrogen-bond donors (Lipinski definition) is 3. The molecule has 1 aromatic heterocycles. The Kier molecular flexibility index (Phi) is 4.51. The summed E-state index contributed by atoms with van der Waals surface area (Å²) >= 11 is 1.31. The Hall–Kier alpha value is -2.16. The van der Waals surface area contributed by atoms with E-state index in [1.54, 1.807) is 11.6 Å². The van der Waals surface area contributed by atoms with Crippen LogP contribution < -0.4 is 16.4 Å². The molecule has 1 aliphatic heterocycles. The van der Waals surface area contributed by atoms with E-state index in [0.29, 0.717) is 18.1 Å². The van der Waals surface area contributed by atoms with Crippen molar-refractivity contribution in [1.29, 1.82) is 0 Å². The van der Waals surface area contributed by atoms with Gasteiger partial charge in [0.25, 0.3) is 0 Å². The highest BCUT2D eigenvalue weighted by Gasteiger charge is 2.32. The maximum absolute atomic E-state index is 11.9. The standard InChI is InChI=1S/C11H15N5O3S/c12-8(17)6-16-3-1-7(9(16)18)5-14-10(19)15-11-13-2-4-20-11/h2,4,7H,1,3,5-6H2,(H2,12,17)(H2,13,14,15,19). The van der Waals surface area contributed by atoms with Crippen LogP contribution in [-0.4, -0.2) is 47.4 Å². The zero-order chi connectivity index (χ0) is 14.5. The average molecular weight is 297 g/mol. The van der Waals surface area contributed by atoms with Gasteiger partial charge in [0.05, 0.1) is 12.5 Å². The second-order valence-electron chi connectivity index (χ2n) is 4.38. The maximum Gasteiger partial charge on any atom is 0.321 e. The number of nitrogens with one attached hydrogen (secondary N) is 2. The van der Waals surface area contributed by atoms with Crippen LogP contribution in [0.4, 0.5) is 9.93 Å². The Morgan fingerprint density at radius 3 is 3.00 bits per heavy atom. The Bertz CT molecular complexity index is 504. The normalized spacial score (nSPS) is 18.1. The first-order chi connectivity index (χ1) is 9.56. The van der Waals surface area contributed by atoms with Crippen LogP contribution in [0.15, 0.2) is 11.6 Å². The van der Waals surface area contributed by atoms with Crippen molar-refractivity contribution in [3.05, 3.63) is 11.6 Å². The first-order valence-electron chi connectivity index (χ1n) is 6.07. The van der Waals surface area contributed by atoms with Gasteiger partial charge in [-0.3, -0.25) is 14.9 Å². The number of carbonyl (C=O) groups is 3.